The molecule has 1 N–H and O–H groups in total. The SMILES string of the molecule is CCOCC(O)CN(C)C(C)CC#N. The average molecular weight is 200 g/mol. The first-order chi connectivity index (χ1) is 6.61. The van der Waals surface area contributed by atoms with Crippen LogP contribution in [0.3, 0.4) is 0 Å². The third-order valence-electron chi connectivity index (χ3n) is 2.15. The summed E-state index contributed by atoms with van der Waals surface area (Å²) in [4.78, 5) is 1.97. The van der Waals surface area contributed by atoms with Crippen molar-refractivity contribution < 1.29 is 9.84 Å². The Morgan fingerprint density at radius 2 is 2.21 bits per heavy atom. The van der Waals surface area contributed by atoms with Gasteiger partial charge in [-0.25, -0.2) is 0 Å². The van der Waals surface area contributed by atoms with Crippen molar-refractivity contribution in [3.05, 3.63) is 0 Å². The van der Waals surface area contributed by atoms with Gasteiger partial charge >= 0.3 is 0 Å². The van der Waals surface area contributed by atoms with Crippen LogP contribution in [-0.4, -0.2) is 49.0 Å². The highest BCUT2D eigenvalue weighted by Crippen LogP contribution is 2.01. The highest BCUT2D eigenvalue weighted by atomic mass is 16.5. The minimum absolute atomic E-state index is 0.177. The second-order valence-corrected chi connectivity index (χ2v) is 3.46. The molecule has 0 bridgehead atoms. The molecule has 4 heteroatoms. The summed E-state index contributed by atoms with van der Waals surface area (Å²) in [7, 11) is 1.90. The maximum atomic E-state index is 9.52. The normalized spacial score (nSPS) is 15.1. The van der Waals surface area contributed by atoms with Gasteiger partial charge in [0.2, 0.25) is 0 Å². The van der Waals surface area contributed by atoms with E-state index >= 15 is 0 Å². The van der Waals surface area contributed by atoms with Gasteiger partial charge in [0.25, 0.3) is 0 Å². The first kappa shape index (κ1) is 13.4. The fourth-order valence-electron chi connectivity index (χ4n) is 1.11. The lowest BCUT2D eigenvalue weighted by atomic mass is 10.2. The Bertz CT molecular complexity index is 179. The van der Waals surface area contributed by atoms with Crippen LogP contribution in [-0.2, 0) is 4.74 Å². The number of aliphatic hydroxyl groups excluding tert-OH is 1. The summed E-state index contributed by atoms with van der Waals surface area (Å²) in [5.41, 5.74) is 0. The Kier molecular flexibility index (Phi) is 7.40. The molecule has 0 spiro atoms. The number of nitriles is 1. The van der Waals surface area contributed by atoms with Gasteiger partial charge in [-0.15, -0.1) is 0 Å². The number of rotatable bonds is 7. The minimum Gasteiger partial charge on any atom is -0.389 e. The largest absolute Gasteiger partial charge is 0.389 e. The summed E-state index contributed by atoms with van der Waals surface area (Å²) >= 11 is 0. The predicted molar refractivity (Wildman–Crippen MR) is 54.8 cm³/mol. The summed E-state index contributed by atoms with van der Waals surface area (Å²) in [5, 5.41) is 18.0. The van der Waals surface area contributed by atoms with E-state index in [9.17, 15) is 5.11 Å². The van der Waals surface area contributed by atoms with E-state index < -0.39 is 6.10 Å². The molecule has 0 aromatic heterocycles. The number of hydrogen-bond acceptors (Lipinski definition) is 4. The molecule has 0 fully saturated rings. The molecule has 0 rings (SSSR count). The van der Waals surface area contributed by atoms with Gasteiger partial charge in [-0.05, 0) is 20.9 Å². The highest BCUT2D eigenvalue weighted by molar-refractivity contribution is 4.79. The molecule has 4 nitrogen and oxygen atoms in total. The topological polar surface area (TPSA) is 56.5 Å². The van der Waals surface area contributed by atoms with E-state index in [2.05, 4.69) is 6.07 Å². The fraction of sp³-hybridized carbons (Fsp3) is 0.900. The maximum absolute atomic E-state index is 9.52. The van der Waals surface area contributed by atoms with E-state index in [1.54, 1.807) is 0 Å². The van der Waals surface area contributed by atoms with E-state index in [1.807, 2.05) is 25.8 Å². The van der Waals surface area contributed by atoms with Gasteiger partial charge in [0.05, 0.1) is 25.2 Å². The third-order valence-corrected chi connectivity index (χ3v) is 2.15. The van der Waals surface area contributed by atoms with E-state index in [1.165, 1.54) is 0 Å². The van der Waals surface area contributed by atoms with Crippen LogP contribution in [0.5, 0.6) is 0 Å². The van der Waals surface area contributed by atoms with Crippen molar-refractivity contribution in [2.24, 2.45) is 0 Å². The van der Waals surface area contributed by atoms with Crippen LogP contribution in [0, 0.1) is 11.3 Å². The first-order valence-electron chi connectivity index (χ1n) is 4.94. The van der Waals surface area contributed by atoms with Crippen LogP contribution in [0.2, 0.25) is 0 Å². The molecule has 14 heavy (non-hydrogen) atoms. The molecule has 0 saturated heterocycles. The molecule has 2 unspecified atom stereocenters. The summed E-state index contributed by atoms with van der Waals surface area (Å²) in [6, 6.07) is 2.29. The van der Waals surface area contributed by atoms with Crippen LogP contribution >= 0.6 is 0 Å². The average Bonchev–Trinajstić information content (AvgIpc) is 2.15. The zero-order valence-electron chi connectivity index (χ0n) is 9.23. The molecule has 0 aliphatic heterocycles. The van der Waals surface area contributed by atoms with Crippen LogP contribution in [0.1, 0.15) is 20.3 Å². The molecule has 2 atom stereocenters. The minimum atomic E-state index is -0.471. The van der Waals surface area contributed by atoms with Crippen LogP contribution < -0.4 is 0 Å². The van der Waals surface area contributed by atoms with Crippen molar-refractivity contribution in [1.29, 1.82) is 5.26 Å². The standard InChI is InChI=1S/C10H20N2O2/c1-4-14-8-10(13)7-12(3)9(2)5-6-11/h9-10,13H,4-5,7-8H2,1-3H3. The second-order valence-electron chi connectivity index (χ2n) is 3.46. The number of likely N-dealkylation sites (N-methyl/N-ethyl adjacent to an activating group) is 1. The fourth-order valence-corrected chi connectivity index (χ4v) is 1.11. The van der Waals surface area contributed by atoms with Crippen LogP contribution in [0.25, 0.3) is 0 Å². The van der Waals surface area contributed by atoms with E-state index in [0.29, 0.717) is 26.2 Å². The van der Waals surface area contributed by atoms with Crippen molar-refractivity contribution >= 4 is 0 Å². The Balaban J connectivity index is 3.69. The van der Waals surface area contributed by atoms with Crippen molar-refractivity contribution in [2.45, 2.75) is 32.4 Å². The molecular formula is C10H20N2O2. The Morgan fingerprint density at radius 3 is 2.71 bits per heavy atom. The molecule has 0 aliphatic rings. The lowest BCUT2D eigenvalue weighted by molar-refractivity contribution is 0.0200. The second kappa shape index (κ2) is 7.74. The van der Waals surface area contributed by atoms with Crippen LogP contribution in [0.4, 0.5) is 0 Å². The predicted octanol–water partition coefficient (Wildman–Crippen LogP) is 0.618. The Hall–Kier alpha value is -0.630. The zero-order valence-corrected chi connectivity index (χ0v) is 9.23. The molecule has 0 radical (unpaired) electrons. The summed E-state index contributed by atoms with van der Waals surface area (Å²) in [5.74, 6) is 0. The van der Waals surface area contributed by atoms with Gasteiger partial charge in [0.1, 0.15) is 0 Å². The summed E-state index contributed by atoms with van der Waals surface area (Å²) in [6.07, 6.45) is 0.0128. The van der Waals surface area contributed by atoms with Gasteiger partial charge in [-0.1, -0.05) is 0 Å². The first-order valence-corrected chi connectivity index (χ1v) is 4.94. The lowest BCUT2D eigenvalue weighted by Crippen LogP contribution is -2.37. The lowest BCUT2D eigenvalue weighted by Gasteiger charge is -2.25. The van der Waals surface area contributed by atoms with Crippen molar-refractivity contribution in [3.63, 3.8) is 0 Å². The number of nitrogens with zero attached hydrogens (tertiary/aromatic N) is 2. The molecule has 0 aromatic rings. The summed E-state index contributed by atoms with van der Waals surface area (Å²) in [6.45, 7) is 5.39. The van der Waals surface area contributed by atoms with Gasteiger partial charge in [0.15, 0.2) is 0 Å². The molecular weight excluding hydrogens is 180 g/mol. The molecule has 82 valence electrons. The monoisotopic (exact) mass is 200 g/mol. The smallest absolute Gasteiger partial charge is 0.0900 e. The third kappa shape index (κ3) is 5.92. The van der Waals surface area contributed by atoms with E-state index in [-0.39, 0.29) is 6.04 Å². The van der Waals surface area contributed by atoms with Gasteiger partial charge in [-0.3, -0.25) is 0 Å². The molecule has 0 aromatic carbocycles. The number of ether oxygens (including phenoxy) is 1. The van der Waals surface area contributed by atoms with Gasteiger partial charge in [-0.2, -0.15) is 5.26 Å². The Labute approximate surface area is 86.1 Å². The van der Waals surface area contributed by atoms with E-state index in [4.69, 9.17) is 10.00 Å². The molecule has 0 aliphatic carbocycles. The molecule has 0 heterocycles. The van der Waals surface area contributed by atoms with Crippen molar-refractivity contribution in [2.75, 3.05) is 26.8 Å². The zero-order chi connectivity index (χ0) is 11.0. The highest BCUT2D eigenvalue weighted by Gasteiger charge is 2.13. The molecule has 0 amide bonds. The maximum Gasteiger partial charge on any atom is 0.0900 e. The quantitative estimate of drug-likeness (QED) is 0.654. The van der Waals surface area contributed by atoms with Crippen molar-refractivity contribution in [3.8, 4) is 6.07 Å². The number of aliphatic hydroxyl groups is 1. The van der Waals surface area contributed by atoms with Crippen molar-refractivity contribution in [1.82, 2.24) is 4.90 Å². The Morgan fingerprint density at radius 1 is 1.57 bits per heavy atom. The molecule has 0 saturated carbocycles. The summed E-state index contributed by atoms with van der Waals surface area (Å²) < 4.78 is 5.09. The number of hydrogen-bond donors (Lipinski definition) is 1. The van der Waals surface area contributed by atoms with E-state index in [0.717, 1.165) is 0 Å². The van der Waals surface area contributed by atoms with Gasteiger partial charge in [0, 0.05) is 19.2 Å². The van der Waals surface area contributed by atoms with Crippen LogP contribution in [0.15, 0.2) is 0 Å². The van der Waals surface area contributed by atoms with Gasteiger partial charge < -0.3 is 14.7 Å².